The van der Waals surface area contributed by atoms with Gasteiger partial charge in [-0.05, 0) is 12.5 Å². The Hall–Kier alpha value is -1.46. The highest BCUT2D eigenvalue weighted by Gasteiger charge is 2.19. The average Bonchev–Trinajstić information content (AvgIpc) is 2.44. The Labute approximate surface area is 119 Å². The predicted molar refractivity (Wildman–Crippen MR) is 76.4 cm³/mol. The van der Waals surface area contributed by atoms with E-state index in [0.29, 0.717) is 18.6 Å². The van der Waals surface area contributed by atoms with Crippen molar-refractivity contribution in [2.45, 2.75) is 24.3 Å². The molecule has 0 amide bonds. The van der Waals surface area contributed by atoms with Gasteiger partial charge in [0.1, 0.15) is 4.90 Å². The zero-order chi connectivity index (χ0) is 15.0. The molecule has 0 saturated carbocycles. The van der Waals surface area contributed by atoms with E-state index in [0.717, 1.165) is 0 Å². The highest BCUT2D eigenvalue weighted by molar-refractivity contribution is 7.89. The van der Waals surface area contributed by atoms with Gasteiger partial charge < -0.3 is 10.5 Å². The molecule has 1 rings (SSSR count). The number of sulfonamides is 1. The molecular formula is C13H19N3O3S. The van der Waals surface area contributed by atoms with E-state index in [1.807, 2.05) is 6.92 Å². The molecule has 0 bridgehead atoms. The number of methoxy groups -OCH3 is 1. The summed E-state index contributed by atoms with van der Waals surface area (Å²) in [5.74, 6) is 5.41. The van der Waals surface area contributed by atoms with Crippen molar-refractivity contribution in [2.24, 2.45) is 5.73 Å². The van der Waals surface area contributed by atoms with Crippen molar-refractivity contribution >= 4 is 10.0 Å². The third-order valence-corrected chi connectivity index (χ3v) is 4.03. The molecule has 0 aliphatic rings. The van der Waals surface area contributed by atoms with Gasteiger partial charge in [-0.3, -0.25) is 4.98 Å². The number of ether oxygens (including phenoxy) is 1. The van der Waals surface area contributed by atoms with Gasteiger partial charge in [-0.25, -0.2) is 13.1 Å². The molecule has 6 nitrogen and oxygen atoms in total. The molecular weight excluding hydrogens is 278 g/mol. The first-order valence-electron chi connectivity index (χ1n) is 6.18. The molecule has 1 atom stereocenters. The van der Waals surface area contributed by atoms with Gasteiger partial charge in [-0.2, -0.15) is 0 Å². The fraction of sp³-hybridized carbons (Fsp3) is 0.462. The van der Waals surface area contributed by atoms with Gasteiger partial charge in [0.25, 0.3) is 0 Å². The summed E-state index contributed by atoms with van der Waals surface area (Å²) in [6, 6.07) is 1.20. The van der Waals surface area contributed by atoms with Gasteiger partial charge in [0, 0.05) is 31.1 Å². The Balaban J connectivity index is 2.97. The second kappa shape index (κ2) is 7.97. The van der Waals surface area contributed by atoms with Crippen LogP contribution in [0.2, 0.25) is 0 Å². The predicted octanol–water partition coefficient (Wildman–Crippen LogP) is 0.0951. The topological polar surface area (TPSA) is 94.3 Å². The second-order valence-corrected chi connectivity index (χ2v) is 5.81. The van der Waals surface area contributed by atoms with Crippen LogP contribution < -0.4 is 10.5 Å². The smallest absolute Gasteiger partial charge is 0.242 e. The molecule has 0 saturated heterocycles. The van der Waals surface area contributed by atoms with Crippen molar-refractivity contribution in [3.63, 3.8) is 0 Å². The number of hydrogen-bond donors (Lipinski definition) is 2. The van der Waals surface area contributed by atoms with E-state index < -0.39 is 10.0 Å². The standard InChI is InChI=1S/C13H19N3O3S/c1-3-12(10-19-2)16-20(17,18)13-7-11(5-4-6-14)8-15-9-13/h7-9,12,16H,3,6,10,14H2,1-2H3. The number of aromatic nitrogens is 1. The SMILES string of the molecule is CCC(COC)NS(=O)(=O)c1cncc(C#CCN)c1. The van der Waals surface area contributed by atoms with Gasteiger partial charge >= 0.3 is 0 Å². The van der Waals surface area contributed by atoms with Crippen LogP contribution in [0.1, 0.15) is 18.9 Å². The number of pyridine rings is 1. The van der Waals surface area contributed by atoms with Crippen molar-refractivity contribution in [3.8, 4) is 11.8 Å². The highest BCUT2D eigenvalue weighted by Crippen LogP contribution is 2.10. The van der Waals surface area contributed by atoms with Crippen molar-refractivity contribution in [2.75, 3.05) is 20.3 Å². The summed E-state index contributed by atoms with van der Waals surface area (Å²) in [6.45, 7) is 2.41. The first-order valence-corrected chi connectivity index (χ1v) is 7.67. The lowest BCUT2D eigenvalue weighted by Gasteiger charge is -2.15. The van der Waals surface area contributed by atoms with Crippen LogP contribution in [0.5, 0.6) is 0 Å². The summed E-state index contributed by atoms with van der Waals surface area (Å²) < 4.78 is 32.0. The van der Waals surface area contributed by atoms with E-state index >= 15 is 0 Å². The van der Waals surface area contributed by atoms with E-state index in [-0.39, 0.29) is 17.5 Å². The van der Waals surface area contributed by atoms with Gasteiger partial charge in [0.2, 0.25) is 10.0 Å². The van der Waals surface area contributed by atoms with Gasteiger partial charge in [-0.1, -0.05) is 18.8 Å². The molecule has 0 fully saturated rings. The van der Waals surface area contributed by atoms with Crippen LogP contribution in [0, 0.1) is 11.8 Å². The first-order chi connectivity index (χ1) is 9.53. The maximum absolute atomic E-state index is 12.2. The summed E-state index contributed by atoms with van der Waals surface area (Å²) in [5, 5.41) is 0. The van der Waals surface area contributed by atoms with Crippen LogP contribution >= 0.6 is 0 Å². The number of rotatable bonds is 6. The highest BCUT2D eigenvalue weighted by atomic mass is 32.2. The Kier molecular flexibility index (Phi) is 6.61. The van der Waals surface area contributed by atoms with Crippen molar-refractivity contribution in [3.05, 3.63) is 24.0 Å². The number of hydrogen-bond acceptors (Lipinski definition) is 5. The summed E-state index contributed by atoms with van der Waals surface area (Å²) in [4.78, 5) is 3.97. The summed E-state index contributed by atoms with van der Waals surface area (Å²) in [6.07, 6.45) is 3.41. The maximum Gasteiger partial charge on any atom is 0.242 e. The fourth-order valence-corrected chi connectivity index (χ4v) is 2.80. The average molecular weight is 297 g/mol. The molecule has 110 valence electrons. The minimum Gasteiger partial charge on any atom is -0.383 e. The molecule has 0 aliphatic carbocycles. The zero-order valence-electron chi connectivity index (χ0n) is 11.6. The van der Waals surface area contributed by atoms with Crippen LogP contribution in [-0.4, -0.2) is 39.7 Å². The monoisotopic (exact) mass is 297 g/mol. The normalized spacial score (nSPS) is 12.6. The molecule has 0 spiro atoms. The Morgan fingerprint density at radius 3 is 2.85 bits per heavy atom. The Bertz CT molecular complexity index is 590. The molecule has 7 heteroatoms. The summed E-state index contributed by atoms with van der Waals surface area (Å²) in [5.41, 5.74) is 5.79. The summed E-state index contributed by atoms with van der Waals surface area (Å²) in [7, 11) is -2.10. The van der Waals surface area contributed by atoms with E-state index in [1.54, 1.807) is 0 Å². The van der Waals surface area contributed by atoms with Crippen LogP contribution in [0.15, 0.2) is 23.4 Å². The van der Waals surface area contributed by atoms with E-state index in [4.69, 9.17) is 10.5 Å². The second-order valence-electron chi connectivity index (χ2n) is 4.10. The maximum atomic E-state index is 12.2. The molecule has 20 heavy (non-hydrogen) atoms. The van der Waals surface area contributed by atoms with Crippen molar-refractivity contribution < 1.29 is 13.2 Å². The molecule has 1 unspecified atom stereocenters. The fourth-order valence-electron chi connectivity index (χ4n) is 1.51. The largest absolute Gasteiger partial charge is 0.383 e. The van der Waals surface area contributed by atoms with E-state index in [9.17, 15) is 8.42 Å². The third-order valence-electron chi connectivity index (χ3n) is 2.54. The Morgan fingerprint density at radius 1 is 1.50 bits per heavy atom. The molecule has 0 radical (unpaired) electrons. The van der Waals surface area contributed by atoms with Crippen LogP contribution in [0.4, 0.5) is 0 Å². The number of nitrogens with zero attached hydrogens (tertiary/aromatic N) is 1. The van der Waals surface area contributed by atoms with Gasteiger partial charge in [0.05, 0.1) is 13.2 Å². The van der Waals surface area contributed by atoms with Gasteiger partial charge in [-0.15, -0.1) is 0 Å². The van der Waals surface area contributed by atoms with Crippen LogP contribution in [-0.2, 0) is 14.8 Å². The minimum atomic E-state index is -3.63. The lowest BCUT2D eigenvalue weighted by Crippen LogP contribution is -2.37. The van der Waals surface area contributed by atoms with Gasteiger partial charge in [0.15, 0.2) is 0 Å². The van der Waals surface area contributed by atoms with Crippen LogP contribution in [0.3, 0.4) is 0 Å². The van der Waals surface area contributed by atoms with Crippen LogP contribution in [0.25, 0.3) is 0 Å². The third kappa shape index (κ3) is 4.90. The zero-order valence-corrected chi connectivity index (χ0v) is 12.4. The van der Waals surface area contributed by atoms with Crippen molar-refractivity contribution in [1.29, 1.82) is 0 Å². The van der Waals surface area contributed by atoms with E-state index in [2.05, 4.69) is 21.5 Å². The lowest BCUT2D eigenvalue weighted by molar-refractivity contribution is 0.173. The molecule has 0 aromatic carbocycles. The molecule has 0 aliphatic heterocycles. The van der Waals surface area contributed by atoms with Crippen molar-refractivity contribution in [1.82, 2.24) is 9.71 Å². The Morgan fingerprint density at radius 2 is 2.25 bits per heavy atom. The quantitative estimate of drug-likeness (QED) is 0.726. The lowest BCUT2D eigenvalue weighted by atomic mass is 10.3. The summed E-state index contributed by atoms with van der Waals surface area (Å²) >= 11 is 0. The molecule has 1 aromatic heterocycles. The minimum absolute atomic E-state index is 0.0795. The first kappa shape index (κ1) is 16.6. The number of nitrogens with two attached hydrogens (primary N) is 1. The molecule has 1 heterocycles. The molecule has 1 aromatic rings. The number of nitrogens with one attached hydrogen (secondary N) is 1. The molecule has 3 N–H and O–H groups in total. The van der Waals surface area contributed by atoms with E-state index in [1.165, 1.54) is 25.6 Å².